The van der Waals surface area contributed by atoms with Gasteiger partial charge in [-0.05, 0) is 32.9 Å². The summed E-state index contributed by atoms with van der Waals surface area (Å²) in [7, 11) is 0. The molecule has 110 valence electrons. The van der Waals surface area contributed by atoms with E-state index in [0.717, 1.165) is 19.6 Å². The second kappa shape index (κ2) is 6.85. The van der Waals surface area contributed by atoms with E-state index in [1.165, 1.54) is 27.6 Å². The van der Waals surface area contributed by atoms with Gasteiger partial charge in [-0.25, -0.2) is 9.97 Å². The summed E-state index contributed by atoms with van der Waals surface area (Å²) in [5, 5.41) is 1.99. The van der Waals surface area contributed by atoms with Crippen LogP contribution in [0, 0.1) is 6.92 Å². The Balaban J connectivity index is 0.00000147. The van der Waals surface area contributed by atoms with Crippen LogP contribution in [0.15, 0.2) is 12.4 Å². The van der Waals surface area contributed by atoms with Crippen molar-refractivity contribution in [2.24, 2.45) is 0 Å². The summed E-state index contributed by atoms with van der Waals surface area (Å²) in [6.45, 7) is 5.39. The van der Waals surface area contributed by atoms with Crippen LogP contribution in [0.1, 0.15) is 33.5 Å². The number of nitrogens with two attached hydrogens (primary N) is 1. The van der Waals surface area contributed by atoms with E-state index in [-0.39, 0.29) is 12.4 Å². The minimum absolute atomic E-state index is 0. The molecule has 0 saturated carbocycles. The highest BCUT2D eigenvalue weighted by Crippen LogP contribution is 2.31. The standard InChI is InChI=1S/C13H18N4S2.ClH/c1-9-6-15-12(18-9)10-2-4-17(5-3-10)8-11-7-16-13(14)19-11;/h6-7,10H,2-5,8H2,1H3,(H2,14,16);1H. The van der Waals surface area contributed by atoms with Crippen molar-refractivity contribution in [3.63, 3.8) is 0 Å². The second-order valence-electron chi connectivity index (χ2n) is 5.02. The minimum Gasteiger partial charge on any atom is -0.375 e. The van der Waals surface area contributed by atoms with E-state index in [9.17, 15) is 0 Å². The molecular formula is C13H19ClN4S2. The number of anilines is 1. The van der Waals surface area contributed by atoms with Gasteiger partial charge in [-0.1, -0.05) is 0 Å². The summed E-state index contributed by atoms with van der Waals surface area (Å²) < 4.78 is 0. The molecule has 0 amide bonds. The third kappa shape index (κ3) is 3.69. The van der Waals surface area contributed by atoms with E-state index >= 15 is 0 Å². The number of hydrogen-bond donors (Lipinski definition) is 1. The van der Waals surface area contributed by atoms with E-state index in [4.69, 9.17) is 5.73 Å². The fraction of sp³-hybridized carbons (Fsp3) is 0.538. The van der Waals surface area contributed by atoms with E-state index in [1.807, 2.05) is 23.7 Å². The molecule has 0 radical (unpaired) electrons. The number of nitrogens with zero attached hydrogens (tertiary/aromatic N) is 3. The van der Waals surface area contributed by atoms with Gasteiger partial charge >= 0.3 is 0 Å². The zero-order chi connectivity index (χ0) is 13.2. The van der Waals surface area contributed by atoms with Crippen molar-refractivity contribution >= 4 is 40.2 Å². The van der Waals surface area contributed by atoms with Crippen LogP contribution in [0.5, 0.6) is 0 Å². The van der Waals surface area contributed by atoms with Crippen LogP contribution in [0.25, 0.3) is 0 Å². The van der Waals surface area contributed by atoms with Crippen LogP contribution in [0.3, 0.4) is 0 Å². The molecule has 2 N–H and O–H groups in total. The number of piperidine rings is 1. The first kappa shape index (κ1) is 15.7. The molecule has 1 saturated heterocycles. The SMILES string of the molecule is Cc1cnc(C2CCN(Cc3cnc(N)s3)CC2)s1.Cl. The van der Waals surface area contributed by atoms with Crippen molar-refractivity contribution in [2.75, 3.05) is 18.8 Å². The molecule has 0 bridgehead atoms. The average Bonchev–Trinajstić information content (AvgIpc) is 3.00. The topological polar surface area (TPSA) is 55.0 Å². The number of nitrogen functional groups attached to an aromatic ring is 1. The highest BCUT2D eigenvalue weighted by Gasteiger charge is 2.23. The lowest BCUT2D eigenvalue weighted by Gasteiger charge is -2.30. The molecule has 0 unspecified atom stereocenters. The van der Waals surface area contributed by atoms with Crippen molar-refractivity contribution in [3.8, 4) is 0 Å². The molecular weight excluding hydrogens is 312 g/mol. The molecule has 1 aliphatic heterocycles. The third-order valence-electron chi connectivity index (χ3n) is 3.53. The lowest BCUT2D eigenvalue weighted by Crippen LogP contribution is -2.32. The van der Waals surface area contributed by atoms with Crippen molar-refractivity contribution < 1.29 is 0 Å². The molecule has 0 aromatic carbocycles. The van der Waals surface area contributed by atoms with Gasteiger partial charge in [0.25, 0.3) is 0 Å². The van der Waals surface area contributed by atoms with Crippen LogP contribution < -0.4 is 5.73 Å². The average molecular weight is 331 g/mol. The normalized spacial score (nSPS) is 17.1. The molecule has 7 heteroatoms. The smallest absolute Gasteiger partial charge is 0.180 e. The van der Waals surface area contributed by atoms with Crippen molar-refractivity contribution in [2.45, 2.75) is 32.2 Å². The van der Waals surface area contributed by atoms with Gasteiger partial charge in [0.1, 0.15) is 0 Å². The molecule has 0 spiro atoms. The molecule has 3 rings (SSSR count). The molecule has 3 heterocycles. The molecule has 1 fully saturated rings. The molecule has 2 aromatic rings. The fourth-order valence-corrected chi connectivity index (χ4v) is 4.18. The van der Waals surface area contributed by atoms with Gasteiger partial charge in [0.05, 0.1) is 5.01 Å². The molecule has 0 aliphatic carbocycles. The minimum atomic E-state index is 0. The maximum atomic E-state index is 5.67. The van der Waals surface area contributed by atoms with Gasteiger partial charge in [0, 0.05) is 34.6 Å². The Morgan fingerprint density at radius 3 is 2.55 bits per heavy atom. The van der Waals surface area contributed by atoms with Crippen LogP contribution in [0.4, 0.5) is 5.13 Å². The zero-order valence-corrected chi connectivity index (χ0v) is 13.9. The zero-order valence-electron chi connectivity index (χ0n) is 11.4. The Hall–Kier alpha value is -0.690. The van der Waals surface area contributed by atoms with Gasteiger partial charge in [-0.15, -0.1) is 35.1 Å². The summed E-state index contributed by atoms with van der Waals surface area (Å²) >= 11 is 3.45. The van der Waals surface area contributed by atoms with Gasteiger partial charge in [0.2, 0.25) is 0 Å². The summed E-state index contributed by atoms with van der Waals surface area (Å²) in [5.41, 5.74) is 5.67. The quantitative estimate of drug-likeness (QED) is 0.938. The highest BCUT2D eigenvalue weighted by atomic mass is 35.5. The van der Waals surface area contributed by atoms with Crippen molar-refractivity contribution in [3.05, 3.63) is 27.2 Å². The van der Waals surface area contributed by atoms with E-state index in [1.54, 1.807) is 11.3 Å². The number of thiazole rings is 2. The first-order valence-corrected chi connectivity index (χ1v) is 8.19. The Labute approximate surface area is 133 Å². The highest BCUT2D eigenvalue weighted by molar-refractivity contribution is 7.15. The second-order valence-corrected chi connectivity index (χ2v) is 7.44. The van der Waals surface area contributed by atoms with E-state index in [0.29, 0.717) is 11.0 Å². The number of hydrogen-bond acceptors (Lipinski definition) is 6. The predicted octanol–water partition coefficient (Wildman–Crippen LogP) is 3.29. The number of halogens is 1. The Morgan fingerprint density at radius 2 is 2.00 bits per heavy atom. The summed E-state index contributed by atoms with van der Waals surface area (Å²) in [4.78, 5) is 13.7. The molecule has 20 heavy (non-hydrogen) atoms. The van der Waals surface area contributed by atoms with E-state index in [2.05, 4.69) is 21.8 Å². The summed E-state index contributed by atoms with van der Waals surface area (Å²) in [6, 6.07) is 0. The van der Waals surface area contributed by atoms with Crippen LogP contribution in [-0.2, 0) is 6.54 Å². The molecule has 0 atom stereocenters. The third-order valence-corrected chi connectivity index (χ3v) is 5.41. The van der Waals surface area contributed by atoms with E-state index < -0.39 is 0 Å². The van der Waals surface area contributed by atoms with Crippen molar-refractivity contribution in [1.82, 2.24) is 14.9 Å². The molecule has 2 aromatic heterocycles. The number of rotatable bonds is 3. The monoisotopic (exact) mass is 330 g/mol. The summed E-state index contributed by atoms with van der Waals surface area (Å²) in [5.74, 6) is 0.654. The van der Waals surface area contributed by atoms with Gasteiger partial charge < -0.3 is 5.73 Å². The lowest BCUT2D eigenvalue weighted by molar-refractivity contribution is 0.206. The van der Waals surface area contributed by atoms with Gasteiger partial charge in [-0.3, -0.25) is 4.90 Å². The molecule has 4 nitrogen and oxygen atoms in total. The van der Waals surface area contributed by atoms with Crippen LogP contribution in [-0.4, -0.2) is 28.0 Å². The molecule has 1 aliphatic rings. The van der Waals surface area contributed by atoms with Crippen molar-refractivity contribution in [1.29, 1.82) is 0 Å². The fourth-order valence-electron chi connectivity index (χ4n) is 2.52. The van der Waals surface area contributed by atoms with Gasteiger partial charge in [0.15, 0.2) is 5.13 Å². The maximum Gasteiger partial charge on any atom is 0.180 e. The number of aryl methyl sites for hydroxylation is 1. The maximum absolute atomic E-state index is 5.67. The largest absolute Gasteiger partial charge is 0.375 e. The van der Waals surface area contributed by atoms with Gasteiger partial charge in [-0.2, -0.15) is 0 Å². The number of likely N-dealkylation sites (tertiary alicyclic amines) is 1. The van der Waals surface area contributed by atoms with Crippen LogP contribution >= 0.6 is 35.1 Å². The summed E-state index contributed by atoms with van der Waals surface area (Å²) in [6.07, 6.45) is 6.31. The first-order chi connectivity index (χ1) is 9.20. The predicted molar refractivity (Wildman–Crippen MR) is 87.9 cm³/mol. The Bertz CT molecular complexity index is 546. The van der Waals surface area contributed by atoms with Crippen LogP contribution in [0.2, 0.25) is 0 Å². The number of aromatic nitrogens is 2. The first-order valence-electron chi connectivity index (χ1n) is 6.55. The Morgan fingerprint density at radius 1 is 1.25 bits per heavy atom. The lowest BCUT2D eigenvalue weighted by atomic mass is 9.97. The Kier molecular flexibility index (Phi) is 5.37.